The third-order valence-corrected chi connectivity index (χ3v) is 3.88. The first-order valence-electron chi connectivity index (χ1n) is 6.31. The van der Waals surface area contributed by atoms with E-state index in [4.69, 9.17) is 10.5 Å². The lowest BCUT2D eigenvalue weighted by Crippen LogP contribution is -2.50. The van der Waals surface area contributed by atoms with Crippen LogP contribution in [0.4, 0.5) is 0 Å². The fourth-order valence-electron chi connectivity index (χ4n) is 2.74. The largest absolute Gasteiger partial charge is 0.373 e. The molecule has 1 aliphatic carbocycles. The molecule has 2 atom stereocenters. The molecule has 0 aromatic rings. The van der Waals surface area contributed by atoms with Crippen molar-refractivity contribution in [2.45, 2.75) is 63.5 Å². The van der Waals surface area contributed by atoms with E-state index >= 15 is 0 Å². The van der Waals surface area contributed by atoms with Crippen molar-refractivity contribution in [3.8, 4) is 0 Å². The van der Waals surface area contributed by atoms with Gasteiger partial charge in [0.15, 0.2) is 0 Å². The van der Waals surface area contributed by atoms with Crippen molar-refractivity contribution in [2.75, 3.05) is 6.61 Å². The SMILES string of the molecule is CC1(C(N)C2=CCCCC2)CCCCO1. The second-order valence-corrected chi connectivity index (χ2v) is 5.12. The Bertz CT molecular complexity index is 241. The second-order valence-electron chi connectivity index (χ2n) is 5.12. The number of nitrogens with two attached hydrogens (primary N) is 1. The molecule has 1 fully saturated rings. The van der Waals surface area contributed by atoms with Gasteiger partial charge in [0.05, 0.1) is 11.6 Å². The zero-order valence-corrected chi connectivity index (χ0v) is 9.80. The summed E-state index contributed by atoms with van der Waals surface area (Å²) in [6.07, 6.45) is 10.9. The van der Waals surface area contributed by atoms with Crippen molar-refractivity contribution in [2.24, 2.45) is 5.73 Å². The minimum Gasteiger partial charge on any atom is -0.373 e. The Balaban J connectivity index is 2.04. The molecule has 2 unspecified atom stereocenters. The number of hydrogen-bond acceptors (Lipinski definition) is 2. The molecule has 2 aliphatic rings. The molecule has 2 N–H and O–H groups in total. The summed E-state index contributed by atoms with van der Waals surface area (Å²) < 4.78 is 5.91. The smallest absolute Gasteiger partial charge is 0.0842 e. The summed E-state index contributed by atoms with van der Waals surface area (Å²) in [6, 6.07) is 0.123. The first kappa shape index (κ1) is 11.2. The van der Waals surface area contributed by atoms with E-state index in [2.05, 4.69) is 13.0 Å². The van der Waals surface area contributed by atoms with Crippen LogP contribution in [0.15, 0.2) is 11.6 Å². The van der Waals surface area contributed by atoms with E-state index in [0.717, 1.165) is 13.0 Å². The Morgan fingerprint density at radius 1 is 1.33 bits per heavy atom. The van der Waals surface area contributed by atoms with Gasteiger partial charge in [0, 0.05) is 6.61 Å². The summed E-state index contributed by atoms with van der Waals surface area (Å²) in [5, 5.41) is 0. The molecule has 0 amide bonds. The normalized spacial score (nSPS) is 34.7. The van der Waals surface area contributed by atoms with Crippen LogP contribution in [0.2, 0.25) is 0 Å². The third kappa shape index (κ3) is 2.43. The van der Waals surface area contributed by atoms with E-state index in [-0.39, 0.29) is 11.6 Å². The maximum atomic E-state index is 6.36. The van der Waals surface area contributed by atoms with Gasteiger partial charge in [0.2, 0.25) is 0 Å². The average molecular weight is 209 g/mol. The van der Waals surface area contributed by atoms with Gasteiger partial charge in [0.25, 0.3) is 0 Å². The van der Waals surface area contributed by atoms with E-state index in [1.807, 2.05) is 0 Å². The lowest BCUT2D eigenvalue weighted by atomic mass is 9.81. The highest BCUT2D eigenvalue weighted by Crippen LogP contribution is 2.33. The summed E-state index contributed by atoms with van der Waals surface area (Å²) in [5.41, 5.74) is 7.70. The number of rotatable bonds is 2. The van der Waals surface area contributed by atoms with Crippen LogP contribution in [0, 0.1) is 0 Å². The van der Waals surface area contributed by atoms with Crippen LogP contribution in [0.1, 0.15) is 51.9 Å². The van der Waals surface area contributed by atoms with Crippen molar-refractivity contribution < 1.29 is 4.74 Å². The van der Waals surface area contributed by atoms with Crippen molar-refractivity contribution >= 4 is 0 Å². The summed E-state index contributed by atoms with van der Waals surface area (Å²) in [6.45, 7) is 3.07. The lowest BCUT2D eigenvalue weighted by molar-refractivity contribution is -0.0748. The molecular formula is C13H23NO. The standard InChI is InChI=1S/C13H23NO/c1-13(9-5-6-10-15-13)12(14)11-7-3-2-4-8-11/h7,12H,2-6,8-10,14H2,1H3. The Hall–Kier alpha value is -0.340. The lowest BCUT2D eigenvalue weighted by Gasteiger charge is -2.40. The number of allylic oxidation sites excluding steroid dienone is 1. The maximum absolute atomic E-state index is 6.36. The van der Waals surface area contributed by atoms with Crippen molar-refractivity contribution in [1.82, 2.24) is 0 Å². The van der Waals surface area contributed by atoms with Crippen molar-refractivity contribution in [1.29, 1.82) is 0 Å². The maximum Gasteiger partial charge on any atom is 0.0842 e. The zero-order chi connectivity index (χ0) is 10.7. The van der Waals surface area contributed by atoms with E-state index in [1.165, 1.54) is 44.1 Å². The predicted octanol–water partition coefficient (Wildman–Crippen LogP) is 2.77. The Kier molecular flexibility index (Phi) is 3.47. The van der Waals surface area contributed by atoms with Gasteiger partial charge in [-0.1, -0.05) is 11.6 Å². The van der Waals surface area contributed by atoms with Crippen LogP contribution in [-0.2, 0) is 4.74 Å². The van der Waals surface area contributed by atoms with Crippen LogP contribution in [0.25, 0.3) is 0 Å². The molecule has 2 rings (SSSR count). The van der Waals surface area contributed by atoms with Crippen molar-refractivity contribution in [3.05, 3.63) is 11.6 Å². The van der Waals surface area contributed by atoms with E-state index < -0.39 is 0 Å². The molecule has 15 heavy (non-hydrogen) atoms. The van der Waals surface area contributed by atoms with Gasteiger partial charge in [-0.3, -0.25) is 0 Å². The van der Waals surface area contributed by atoms with Gasteiger partial charge in [-0.2, -0.15) is 0 Å². The minimum atomic E-state index is -0.0958. The first-order valence-corrected chi connectivity index (χ1v) is 6.31. The molecule has 0 radical (unpaired) electrons. The summed E-state index contributed by atoms with van der Waals surface area (Å²) >= 11 is 0. The van der Waals surface area contributed by atoms with Gasteiger partial charge in [-0.25, -0.2) is 0 Å². The Morgan fingerprint density at radius 2 is 2.20 bits per heavy atom. The van der Waals surface area contributed by atoms with E-state index in [1.54, 1.807) is 0 Å². The highest BCUT2D eigenvalue weighted by molar-refractivity contribution is 5.18. The van der Waals surface area contributed by atoms with Crippen LogP contribution >= 0.6 is 0 Å². The molecule has 2 nitrogen and oxygen atoms in total. The van der Waals surface area contributed by atoms with E-state index in [0.29, 0.717) is 0 Å². The molecule has 0 aromatic heterocycles. The quantitative estimate of drug-likeness (QED) is 0.710. The topological polar surface area (TPSA) is 35.2 Å². The molecule has 1 saturated heterocycles. The average Bonchev–Trinajstić information content (AvgIpc) is 2.30. The Labute approximate surface area is 92.9 Å². The summed E-state index contributed by atoms with van der Waals surface area (Å²) in [7, 11) is 0. The fraction of sp³-hybridized carbons (Fsp3) is 0.846. The zero-order valence-electron chi connectivity index (χ0n) is 9.80. The molecule has 0 aromatic carbocycles. The van der Waals surface area contributed by atoms with Crippen LogP contribution in [0.5, 0.6) is 0 Å². The third-order valence-electron chi connectivity index (χ3n) is 3.88. The van der Waals surface area contributed by atoms with Crippen LogP contribution in [0.3, 0.4) is 0 Å². The molecule has 1 aliphatic heterocycles. The molecule has 0 bridgehead atoms. The highest BCUT2D eigenvalue weighted by atomic mass is 16.5. The molecule has 86 valence electrons. The predicted molar refractivity (Wildman–Crippen MR) is 62.7 cm³/mol. The monoisotopic (exact) mass is 209 g/mol. The van der Waals surface area contributed by atoms with E-state index in [9.17, 15) is 0 Å². The van der Waals surface area contributed by atoms with Gasteiger partial charge < -0.3 is 10.5 Å². The van der Waals surface area contributed by atoms with Gasteiger partial charge in [-0.15, -0.1) is 0 Å². The molecule has 0 saturated carbocycles. The van der Waals surface area contributed by atoms with Crippen molar-refractivity contribution in [3.63, 3.8) is 0 Å². The fourth-order valence-corrected chi connectivity index (χ4v) is 2.74. The van der Waals surface area contributed by atoms with Gasteiger partial charge in [-0.05, 0) is 51.9 Å². The molecule has 0 spiro atoms. The first-order chi connectivity index (χ1) is 7.22. The Morgan fingerprint density at radius 3 is 2.80 bits per heavy atom. The number of hydrogen-bond donors (Lipinski definition) is 1. The number of ether oxygens (including phenoxy) is 1. The van der Waals surface area contributed by atoms with Crippen LogP contribution in [-0.4, -0.2) is 18.2 Å². The summed E-state index contributed by atoms with van der Waals surface area (Å²) in [5.74, 6) is 0. The summed E-state index contributed by atoms with van der Waals surface area (Å²) in [4.78, 5) is 0. The molecular weight excluding hydrogens is 186 g/mol. The molecule has 1 heterocycles. The highest BCUT2D eigenvalue weighted by Gasteiger charge is 2.36. The van der Waals surface area contributed by atoms with Gasteiger partial charge >= 0.3 is 0 Å². The molecule has 2 heteroatoms. The minimum absolute atomic E-state index is 0.0958. The second kappa shape index (κ2) is 4.67. The van der Waals surface area contributed by atoms with Crippen LogP contribution < -0.4 is 5.73 Å². The van der Waals surface area contributed by atoms with Gasteiger partial charge in [0.1, 0.15) is 0 Å².